The fraction of sp³-hybridized carbons (Fsp3) is 0.526. The van der Waals surface area contributed by atoms with Crippen LogP contribution < -0.4 is 10.6 Å². The van der Waals surface area contributed by atoms with Crippen LogP contribution in [0.2, 0.25) is 5.02 Å². The number of rotatable bonds is 4. The van der Waals surface area contributed by atoms with E-state index in [4.69, 9.17) is 11.6 Å². The second kappa shape index (κ2) is 7.11. The number of hydrogen-bond donors (Lipinski definition) is 2. The molecule has 2 fully saturated rings. The van der Waals surface area contributed by atoms with Crippen LogP contribution in [0.4, 0.5) is 13.2 Å². The molecular weight excluding hydrogens is 379 g/mol. The summed E-state index contributed by atoms with van der Waals surface area (Å²) in [6, 6.07) is 4.22. The molecule has 2 bridgehead atoms. The van der Waals surface area contributed by atoms with Gasteiger partial charge in [0.05, 0.1) is 16.6 Å². The molecule has 1 aromatic carbocycles. The Balaban J connectivity index is 1.59. The van der Waals surface area contributed by atoms with E-state index >= 15 is 0 Å². The predicted molar refractivity (Wildman–Crippen MR) is 96.3 cm³/mol. The van der Waals surface area contributed by atoms with E-state index in [9.17, 15) is 18.0 Å². The van der Waals surface area contributed by atoms with E-state index in [1.165, 1.54) is 6.07 Å². The van der Waals surface area contributed by atoms with Gasteiger partial charge in [0, 0.05) is 37.3 Å². The van der Waals surface area contributed by atoms with Crippen molar-refractivity contribution in [3.63, 3.8) is 0 Å². The monoisotopic (exact) mass is 399 g/mol. The minimum atomic E-state index is -4.51. The Labute approximate surface area is 160 Å². The van der Waals surface area contributed by atoms with Gasteiger partial charge in [-0.25, -0.2) is 0 Å². The molecule has 2 atom stereocenters. The highest BCUT2D eigenvalue weighted by atomic mass is 35.5. The summed E-state index contributed by atoms with van der Waals surface area (Å²) in [6.45, 7) is 1.64. The molecular formula is C19H21ClF3N3O. The first kappa shape index (κ1) is 18.8. The topological polar surface area (TPSA) is 44.4 Å². The van der Waals surface area contributed by atoms with Crippen molar-refractivity contribution in [1.82, 2.24) is 15.5 Å². The number of nitrogens with zero attached hydrogens (tertiary/aromatic N) is 1. The molecule has 27 heavy (non-hydrogen) atoms. The molecule has 0 radical (unpaired) electrons. The zero-order chi connectivity index (χ0) is 19.2. The Morgan fingerprint density at radius 2 is 2.04 bits per heavy atom. The van der Waals surface area contributed by atoms with Gasteiger partial charge in [-0.1, -0.05) is 29.8 Å². The fourth-order valence-corrected chi connectivity index (χ4v) is 4.12. The number of benzene rings is 1. The van der Waals surface area contributed by atoms with E-state index in [-0.39, 0.29) is 29.6 Å². The second-order valence-electron chi connectivity index (χ2n) is 7.41. The van der Waals surface area contributed by atoms with Gasteiger partial charge < -0.3 is 15.5 Å². The average molecular weight is 400 g/mol. The van der Waals surface area contributed by atoms with Gasteiger partial charge in [0.25, 0.3) is 5.91 Å². The summed E-state index contributed by atoms with van der Waals surface area (Å²) in [5.41, 5.74) is 0.173. The maximum atomic E-state index is 13.2. The highest BCUT2D eigenvalue weighted by molar-refractivity contribution is 6.32. The summed E-state index contributed by atoms with van der Waals surface area (Å²) in [5, 5.41) is 6.45. The number of piperazine rings is 1. The van der Waals surface area contributed by atoms with E-state index in [0.717, 1.165) is 31.9 Å². The van der Waals surface area contributed by atoms with Crippen LogP contribution in [0.25, 0.3) is 0 Å². The highest BCUT2D eigenvalue weighted by Crippen LogP contribution is 2.38. The summed E-state index contributed by atoms with van der Waals surface area (Å²) in [7, 11) is 0. The molecule has 1 amide bonds. The van der Waals surface area contributed by atoms with Gasteiger partial charge in [-0.15, -0.1) is 0 Å². The average Bonchev–Trinajstić information content (AvgIpc) is 3.45. The number of hydrogen-bond acceptors (Lipinski definition) is 3. The molecule has 0 aromatic heterocycles. The highest BCUT2D eigenvalue weighted by Gasteiger charge is 2.39. The lowest BCUT2D eigenvalue weighted by Gasteiger charge is -2.38. The lowest BCUT2D eigenvalue weighted by atomic mass is 9.93. The summed E-state index contributed by atoms with van der Waals surface area (Å²) in [4.78, 5) is 14.9. The molecule has 3 aliphatic rings. The summed E-state index contributed by atoms with van der Waals surface area (Å²) >= 11 is 6.04. The number of nitrogens with one attached hydrogen (secondary N) is 2. The molecule has 8 heteroatoms. The molecule has 2 aliphatic heterocycles. The van der Waals surface area contributed by atoms with Gasteiger partial charge in [-0.2, -0.15) is 13.2 Å². The maximum Gasteiger partial charge on any atom is 0.417 e. The normalized spacial score (nSPS) is 25.1. The maximum absolute atomic E-state index is 13.2. The van der Waals surface area contributed by atoms with E-state index in [1.54, 1.807) is 11.0 Å². The fourth-order valence-electron chi connectivity index (χ4n) is 3.83. The Kier molecular flexibility index (Phi) is 4.94. The summed E-state index contributed by atoms with van der Waals surface area (Å²) < 4.78 is 39.4. The zero-order valence-corrected chi connectivity index (χ0v) is 15.4. The van der Waals surface area contributed by atoms with Crippen molar-refractivity contribution in [1.29, 1.82) is 0 Å². The van der Waals surface area contributed by atoms with Crippen molar-refractivity contribution >= 4 is 17.5 Å². The lowest BCUT2D eigenvalue weighted by Crippen LogP contribution is -2.59. The Morgan fingerprint density at radius 3 is 2.74 bits per heavy atom. The SMILES string of the molecule is O=C(C1=CCC2CNCC1N2)N(Cc1cccc(C(F)(F)F)c1Cl)C1CC1. The first-order chi connectivity index (χ1) is 12.8. The third-order valence-electron chi connectivity index (χ3n) is 5.39. The molecule has 146 valence electrons. The Bertz CT molecular complexity index is 776. The van der Waals surface area contributed by atoms with Gasteiger partial charge >= 0.3 is 6.18 Å². The van der Waals surface area contributed by atoms with Crippen molar-refractivity contribution < 1.29 is 18.0 Å². The molecule has 4 nitrogen and oxygen atoms in total. The van der Waals surface area contributed by atoms with Crippen LogP contribution in [0, 0.1) is 0 Å². The van der Waals surface area contributed by atoms with Gasteiger partial charge in [-0.05, 0) is 30.9 Å². The van der Waals surface area contributed by atoms with Crippen LogP contribution in [0.5, 0.6) is 0 Å². The molecule has 1 saturated carbocycles. The van der Waals surface area contributed by atoms with Gasteiger partial charge in [0.15, 0.2) is 0 Å². The largest absolute Gasteiger partial charge is 0.417 e. The predicted octanol–water partition coefficient (Wildman–Crippen LogP) is 3.11. The minimum absolute atomic E-state index is 0.0526. The molecule has 2 unspecified atom stereocenters. The number of halogens is 4. The van der Waals surface area contributed by atoms with Gasteiger partial charge in [-0.3, -0.25) is 4.79 Å². The minimum Gasteiger partial charge on any atom is -0.332 e. The smallest absolute Gasteiger partial charge is 0.332 e. The van der Waals surface area contributed by atoms with Crippen LogP contribution in [0.3, 0.4) is 0 Å². The number of fused-ring (bicyclic) bond motifs is 2. The summed E-state index contributed by atoms with van der Waals surface area (Å²) in [5.74, 6) is -0.106. The van der Waals surface area contributed by atoms with E-state index < -0.39 is 11.7 Å². The van der Waals surface area contributed by atoms with Crippen LogP contribution in [0.1, 0.15) is 30.4 Å². The number of alkyl halides is 3. The molecule has 2 N–H and O–H groups in total. The number of carbonyl (C=O) groups excluding carboxylic acids is 1. The quantitative estimate of drug-likeness (QED) is 0.817. The van der Waals surface area contributed by atoms with Crippen molar-refractivity contribution in [2.75, 3.05) is 13.1 Å². The summed E-state index contributed by atoms with van der Waals surface area (Å²) in [6.07, 6.45) is -0.0191. The van der Waals surface area contributed by atoms with Crippen molar-refractivity contribution in [2.45, 2.75) is 50.1 Å². The Hall–Kier alpha value is -1.57. The van der Waals surface area contributed by atoms with Crippen molar-refractivity contribution in [2.24, 2.45) is 0 Å². The first-order valence-corrected chi connectivity index (χ1v) is 9.54. The van der Waals surface area contributed by atoms with E-state index in [2.05, 4.69) is 10.6 Å². The first-order valence-electron chi connectivity index (χ1n) is 9.17. The third-order valence-corrected chi connectivity index (χ3v) is 5.84. The van der Waals surface area contributed by atoms with Gasteiger partial charge in [0.1, 0.15) is 0 Å². The van der Waals surface area contributed by atoms with Crippen LogP contribution in [0.15, 0.2) is 29.8 Å². The van der Waals surface area contributed by atoms with Gasteiger partial charge in [0.2, 0.25) is 0 Å². The molecule has 2 heterocycles. The molecule has 4 rings (SSSR count). The van der Waals surface area contributed by atoms with Crippen LogP contribution in [-0.4, -0.2) is 42.0 Å². The van der Waals surface area contributed by atoms with Crippen molar-refractivity contribution in [3.8, 4) is 0 Å². The number of amides is 1. The second-order valence-corrected chi connectivity index (χ2v) is 7.79. The van der Waals surface area contributed by atoms with Crippen molar-refractivity contribution in [3.05, 3.63) is 46.0 Å². The van der Waals surface area contributed by atoms with E-state index in [0.29, 0.717) is 23.7 Å². The standard InChI is InChI=1S/C19H21ClF3N3O/c20-17-11(2-1-3-15(17)19(21,22)23)10-26(13-5-6-13)18(27)14-7-4-12-8-24-9-16(14)25-12/h1-3,7,12-13,16,24-25H,4-6,8-10H2. The molecule has 1 aliphatic carbocycles. The molecule has 1 aromatic rings. The third kappa shape index (κ3) is 3.86. The lowest BCUT2D eigenvalue weighted by molar-refractivity contribution is -0.137. The Morgan fingerprint density at radius 1 is 1.26 bits per heavy atom. The number of carbonyl (C=O) groups is 1. The zero-order valence-electron chi connectivity index (χ0n) is 14.7. The van der Waals surface area contributed by atoms with E-state index in [1.807, 2.05) is 6.08 Å². The van der Waals surface area contributed by atoms with Crippen LogP contribution in [-0.2, 0) is 17.5 Å². The molecule has 1 saturated heterocycles. The molecule has 0 spiro atoms. The van der Waals surface area contributed by atoms with Crippen LogP contribution >= 0.6 is 11.6 Å².